The Morgan fingerprint density at radius 2 is 0.787 bits per heavy atom. The number of carbonyl (C=O) groups is 2. The smallest absolute Gasteiger partial charge is 0.310 e. The predicted molar refractivity (Wildman–Crippen MR) is 199 cm³/mol. The second kappa shape index (κ2) is 22.1. The van der Waals surface area contributed by atoms with Crippen LogP contribution in [-0.2, 0) is 9.59 Å². The number of rotatable bonds is 33. The number of carboxylic acid groups (broad SMARTS) is 1. The van der Waals surface area contributed by atoms with Crippen molar-refractivity contribution in [2.45, 2.75) is 213 Å². The molecule has 0 spiro atoms. The first-order valence-electron chi connectivity index (χ1n) is 21.7. The summed E-state index contributed by atoms with van der Waals surface area (Å²) in [5, 5.41) is 9.21. The number of ketones is 1. The number of carbonyl (C=O) groups excluding carboxylic acids is 1. The predicted octanol–water partition coefficient (Wildman–Crippen LogP) is 13.4. The molecule has 0 aromatic heterocycles. The third kappa shape index (κ3) is 16.6. The van der Waals surface area contributed by atoms with E-state index >= 15 is 0 Å². The summed E-state index contributed by atoms with van der Waals surface area (Å²) in [6.45, 7) is 4.62. The highest BCUT2D eigenvalue weighted by Crippen LogP contribution is 2.55. The average molecular weight is 655 g/mol. The van der Waals surface area contributed by atoms with Crippen molar-refractivity contribution >= 4 is 11.8 Å². The van der Waals surface area contributed by atoms with E-state index in [9.17, 15) is 14.7 Å². The van der Waals surface area contributed by atoms with E-state index in [1.807, 2.05) is 0 Å². The number of hydrogen-bond acceptors (Lipinski definition) is 2. The highest BCUT2D eigenvalue weighted by atomic mass is 16.4. The molecule has 1 N–H and O–H groups in total. The van der Waals surface area contributed by atoms with E-state index in [1.54, 1.807) is 12.8 Å². The van der Waals surface area contributed by atoms with Crippen LogP contribution >= 0.6 is 0 Å². The highest BCUT2D eigenvalue weighted by Gasteiger charge is 2.45. The fourth-order valence-electron chi connectivity index (χ4n) is 9.67. The summed E-state index contributed by atoms with van der Waals surface area (Å²) in [6, 6.07) is 0. The van der Waals surface area contributed by atoms with Crippen molar-refractivity contribution in [1.29, 1.82) is 0 Å². The van der Waals surface area contributed by atoms with Gasteiger partial charge < -0.3 is 5.11 Å². The van der Waals surface area contributed by atoms with Crippen molar-refractivity contribution in [3.8, 4) is 0 Å². The van der Waals surface area contributed by atoms with Gasteiger partial charge in [0, 0.05) is 5.92 Å². The monoisotopic (exact) mass is 655 g/mol. The van der Waals surface area contributed by atoms with Crippen LogP contribution in [-0.4, -0.2) is 16.9 Å². The average Bonchev–Trinajstić information content (AvgIpc) is 3.86. The standard InChI is InChI=1S/C44H78O3/c1-3-5-15-23-35-27-39(35)31-41-29-37(41)25-19-13-9-7-11-17-21-34(43(45)33-44(46)47)22-18-12-8-10-14-20-26-38-30-42(38)32-40-28-36(40)24-16-6-4-2/h34-42H,3-33H2,1-2H3,(H,46,47). The maximum atomic E-state index is 12.7. The van der Waals surface area contributed by atoms with E-state index in [2.05, 4.69) is 13.8 Å². The summed E-state index contributed by atoms with van der Waals surface area (Å²) in [4.78, 5) is 23.9. The Morgan fingerprint density at radius 3 is 1.13 bits per heavy atom. The van der Waals surface area contributed by atoms with Gasteiger partial charge in [-0.2, -0.15) is 0 Å². The summed E-state index contributed by atoms with van der Waals surface area (Å²) in [5.41, 5.74) is 0. The van der Waals surface area contributed by atoms with Crippen LogP contribution in [0, 0.1) is 53.3 Å². The van der Waals surface area contributed by atoms with Gasteiger partial charge in [-0.25, -0.2) is 0 Å². The summed E-state index contributed by atoms with van der Waals surface area (Å²) >= 11 is 0. The maximum Gasteiger partial charge on any atom is 0.310 e. The molecular formula is C44H78O3. The molecular weight excluding hydrogens is 576 g/mol. The van der Waals surface area contributed by atoms with Crippen molar-refractivity contribution in [2.75, 3.05) is 0 Å². The molecule has 0 saturated heterocycles. The van der Waals surface area contributed by atoms with Crippen LogP contribution in [0.15, 0.2) is 0 Å². The summed E-state index contributed by atoms with van der Waals surface area (Å²) in [5.74, 6) is 7.60. The van der Waals surface area contributed by atoms with E-state index < -0.39 is 5.97 Å². The minimum absolute atomic E-state index is 0.0209. The quantitative estimate of drug-likeness (QED) is 0.0566. The highest BCUT2D eigenvalue weighted by molar-refractivity contribution is 5.95. The largest absolute Gasteiger partial charge is 0.481 e. The first kappa shape index (κ1) is 38.9. The fraction of sp³-hybridized carbons (Fsp3) is 0.955. The number of hydrogen-bond donors (Lipinski definition) is 1. The van der Waals surface area contributed by atoms with Gasteiger partial charge in [-0.05, 0) is 98.7 Å². The Bertz CT molecular complexity index is 810. The first-order chi connectivity index (χ1) is 23.0. The Balaban J connectivity index is 0.923. The van der Waals surface area contributed by atoms with Crippen LogP contribution in [0.4, 0.5) is 0 Å². The molecule has 4 saturated carbocycles. The maximum absolute atomic E-state index is 12.7. The molecule has 272 valence electrons. The van der Waals surface area contributed by atoms with E-state index in [-0.39, 0.29) is 18.1 Å². The second-order valence-corrected chi connectivity index (χ2v) is 17.6. The van der Waals surface area contributed by atoms with Crippen molar-refractivity contribution < 1.29 is 14.7 Å². The molecule has 4 aliphatic carbocycles. The van der Waals surface area contributed by atoms with Gasteiger partial charge in [-0.1, -0.05) is 155 Å². The molecule has 0 bridgehead atoms. The Morgan fingerprint density at radius 1 is 0.468 bits per heavy atom. The molecule has 4 rings (SSSR count). The lowest BCUT2D eigenvalue weighted by Crippen LogP contribution is -2.18. The number of unbranched alkanes of at least 4 members (excludes halogenated alkanes) is 14. The third-order valence-electron chi connectivity index (χ3n) is 13.4. The lowest BCUT2D eigenvalue weighted by molar-refractivity contribution is -0.141. The molecule has 3 heteroatoms. The number of carboxylic acids is 1. The molecule has 4 aliphatic rings. The lowest BCUT2D eigenvalue weighted by atomic mass is 9.89. The van der Waals surface area contributed by atoms with Crippen molar-refractivity contribution in [3.63, 3.8) is 0 Å². The van der Waals surface area contributed by atoms with Crippen molar-refractivity contribution in [3.05, 3.63) is 0 Å². The fourth-order valence-corrected chi connectivity index (χ4v) is 9.67. The van der Waals surface area contributed by atoms with Gasteiger partial charge in [-0.15, -0.1) is 0 Å². The van der Waals surface area contributed by atoms with Crippen LogP contribution in [0.2, 0.25) is 0 Å². The van der Waals surface area contributed by atoms with Crippen LogP contribution in [0.5, 0.6) is 0 Å². The van der Waals surface area contributed by atoms with Gasteiger partial charge >= 0.3 is 5.97 Å². The van der Waals surface area contributed by atoms with Crippen molar-refractivity contribution in [2.24, 2.45) is 53.3 Å². The van der Waals surface area contributed by atoms with E-state index in [4.69, 9.17) is 0 Å². The molecule has 0 aromatic carbocycles. The van der Waals surface area contributed by atoms with Gasteiger partial charge in [0.2, 0.25) is 0 Å². The van der Waals surface area contributed by atoms with Gasteiger partial charge in [0.25, 0.3) is 0 Å². The van der Waals surface area contributed by atoms with Crippen LogP contribution in [0.25, 0.3) is 0 Å². The molecule has 8 atom stereocenters. The Kier molecular flexibility index (Phi) is 18.3. The minimum Gasteiger partial charge on any atom is -0.481 e. The molecule has 4 fully saturated rings. The minimum atomic E-state index is -0.955. The molecule has 0 radical (unpaired) electrons. The molecule has 0 aromatic rings. The summed E-state index contributed by atoms with van der Waals surface area (Å²) < 4.78 is 0. The van der Waals surface area contributed by atoms with Gasteiger partial charge in [-0.3, -0.25) is 9.59 Å². The van der Waals surface area contributed by atoms with E-state index in [0.717, 1.165) is 73.0 Å². The zero-order valence-corrected chi connectivity index (χ0v) is 31.4. The van der Waals surface area contributed by atoms with E-state index in [1.165, 1.54) is 154 Å². The lowest BCUT2D eigenvalue weighted by Gasteiger charge is -2.15. The molecule has 3 nitrogen and oxygen atoms in total. The SMILES string of the molecule is CCCCCC1CC1CC1CC1CCCCCCCCC(CCCCCCCCC1CC1CC1CC1CCCCC)C(=O)CC(=O)O. The summed E-state index contributed by atoms with van der Waals surface area (Å²) in [6.07, 6.45) is 40.5. The number of aliphatic carboxylic acids is 1. The van der Waals surface area contributed by atoms with E-state index in [0.29, 0.717) is 0 Å². The first-order valence-corrected chi connectivity index (χ1v) is 21.7. The van der Waals surface area contributed by atoms with Crippen LogP contribution < -0.4 is 0 Å². The normalized spacial score (nSPS) is 29.5. The number of Topliss-reactive ketones (excluding diaryl/α,β-unsaturated/α-hetero) is 1. The third-order valence-corrected chi connectivity index (χ3v) is 13.4. The zero-order valence-electron chi connectivity index (χ0n) is 31.4. The van der Waals surface area contributed by atoms with Gasteiger partial charge in [0.15, 0.2) is 0 Å². The van der Waals surface area contributed by atoms with Gasteiger partial charge in [0.05, 0.1) is 0 Å². The molecule has 8 unspecified atom stereocenters. The van der Waals surface area contributed by atoms with Gasteiger partial charge in [0.1, 0.15) is 12.2 Å². The Hall–Kier alpha value is -0.860. The van der Waals surface area contributed by atoms with Crippen LogP contribution in [0.3, 0.4) is 0 Å². The summed E-state index contributed by atoms with van der Waals surface area (Å²) in [7, 11) is 0. The molecule has 0 aliphatic heterocycles. The second-order valence-electron chi connectivity index (χ2n) is 17.6. The van der Waals surface area contributed by atoms with Crippen LogP contribution in [0.1, 0.15) is 213 Å². The topological polar surface area (TPSA) is 54.4 Å². The Labute approximate surface area is 292 Å². The zero-order chi connectivity index (χ0) is 33.3. The molecule has 47 heavy (non-hydrogen) atoms. The molecule has 0 heterocycles. The molecule has 0 amide bonds. The van der Waals surface area contributed by atoms with Crippen molar-refractivity contribution in [1.82, 2.24) is 0 Å².